The average Bonchev–Trinajstić information content (AvgIpc) is 2.98. The third kappa shape index (κ3) is 5.15. The molecule has 2 heterocycles. The lowest BCUT2D eigenvalue weighted by Gasteiger charge is -2.52. The van der Waals surface area contributed by atoms with Crippen LogP contribution in [0.25, 0.3) is 0 Å². The Balaban J connectivity index is 1.55. The van der Waals surface area contributed by atoms with Crippen molar-refractivity contribution in [3.8, 4) is 0 Å². The largest absolute Gasteiger partial charge is 0.465 e. The maximum absolute atomic E-state index is 14.4. The fraction of sp³-hybridized carbons (Fsp3) is 0.457. The number of hydrogen-bond acceptors (Lipinski definition) is 4. The van der Waals surface area contributed by atoms with Gasteiger partial charge in [0.15, 0.2) is 11.6 Å². The van der Waals surface area contributed by atoms with Gasteiger partial charge < -0.3 is 10.4 Å². The highest BCUT2D eigenvalue weighted by Crippen LogP contribution is 2.52. The van der Waals surface area contributed by atoms with Gasteiger partial charge >= 0.3 is 6.09 Å². The van der Waals surface area contributed by atoms with Gasteiger partial charge in [0, 0.05) is 34.9 Å². The Morgan fingerprint density at radius 1 is 1.05 bits per heavy atom. The van der Waals surface area contributed by atoms with Crippen LogP contribution in [0.2, 0.25) is 0 Å². The Morgan fingerprint density at radius 2 is 1.79 bits per heavy atom. The van der Waals surface area contributed by atoms with E-state index >= 15 is 0 Å². The summed E-state index contributed by atoms with van der Waals surface area (Å²) < 4.78 is 14.6. The zero-order valence-electron chi connectivity index (χ0n) is 24.8. The Labute approximate surface area is 260 Å². The predicted octanol–water partition coefficient (Wildman–Crippen LogP) is 7.50. The Morgan fingerprint density at radius 3 is 2.49 bits per heavy atom. The summed E-state index contributed by atoms with van der Waals surface area (Å²) in [5.41, 5.74) is 3.97. The van der Waals surface area contributed by atoms with E-state index in [0.29, 0.717) is 47.6 Å². The van der Waals surface area contributed by atoms with Crippen molar-refractivity contribution in [3.05, 3.63) is 92.5 Å². The number of rotatable bonds is 4. The first-order valence-electron chi connectivity index (χ1n) is 15.3. The van der Waals surface area contributed by atoms with Crippen LogP contribution in [0.5, 0.6) is 0 Å². The van der Waals surface area contributed by atoms with Crippen molar-refractivity contribution in [1.29, 1.82) is 0 Å². The van der Waals surface area contributed by atoms with Crippen LogP contribution in [0.4, 0.5) is 9.18 Å². The minimum Gasteiger partial charge on any atom is -0.465 e. The summed E-state index contributed by atoms with van der Waals surface area (Å²) >= 11 is 3.30. The van der Waals surface area contributed by atoms with Crippen molar-refractivity contribution < 1.29 is 23.9 Å². The molecule has 5 atom stereocenters. The minimum absolute atomic E-state index is 0.0230. The zero-order valence-corrected chi connectivity index (χ0v) is 26.4. The van der Waals surface area contributed by atoms with Gasteiger partial charge in [-0.3, -0.25) is 14.5 Å². The summed E-state index contributed by atoms with van der Waals surface area (Å²) in [6, 6.07) is 14.4. The number of carboxylic acid groups (broad SMARTS) is 1. The number of allylic oxidation sites excluding steroid dienone is 2. The van der Waals surface area contributed by atoms with Gasteiger partial charge in [-0.2, -0.15) is 0 Å². The maximum Gasteiger partial charge on any atom is 0.408 e. The van der Waals surface area contributed by atoms with Gasteiger partial charge in [0.1, 0.15) is 5.82 Å². The molecule has 0 bridgehead atoms. The van der Waals surface area contributed by atoms with Crippen molar-refractivity contribution in [1.82, 2.24) is 10.2 Å². The molecule has 0 spiro atoms. The van der Waals surface area contributed by atoms with Crippen LogP contribution in [0, 0.1) is 23.6 Å². The number of nitrogens with zero attached hydrogens (tertiary/aromatic N) is 1. The topological polar surface area (TPSA) is 86.7 Å². The van der Waals surface area contributed by atoms with Crippen LogP contribution in [0.3, 0.4) is 0 Å². The molecule has 43 heavy (non-hydrogen) atoms. The van der Waals surface area contributed by atoms with Gasteiger partial charge in [-0.15, -0.1) is 0 Å². The van der Waals surface area contributed by atoms with E-state index in [-0.39, 0.29) is 39.8 Å². The summed E-state index contributed by atoms with van der Waals surface area (Å²) in [6.07, 6.45) is 3.37. The molecule has 2 aliphatic carbocycles. The predicted molar refractivity (Wildman–Crippen MR) is 166 cm³/mol. The molecule has 226 valence electrons. The lowest BCUT2D eigenvalue weighted by Crippen LogP contribution is -2.59. The van der Waals surface area contributed by atoms with E-state index in [1.807, 2.05) is 18.2 Å². The smallest absolute Gasteiger partial charge is 0.408 e. The van der Waals surface area contributed by atoms with E-state index in [2.05, 4.69) is 54.2 Å². The number of Topliss-reactive ketones (excluding diaryl/α,β-unsaturated/α-hetero) is 2. The minimum atomic E-state index is -1.12. The number of halogens is 2. The highest BCUT2D eigenvalue weighted by Gasteiger charge is 2.52. The van der Waals surface area contributed by atoms with E-state index in [0.717, 1.165) is 25.0 Å². The summed E-state index contributed by atoms with van der Waals surface area (Å²) in [4.78, 5) is 41.7. The summed E-state index contributed by atoms with van der Waals surface area (Å²) in [7, 11) is 0. The summed E-state index contributed by atoms with van der Waals surface area (Å²) in [5, 5.41) is 14.1. The van der Waals surface area contributed by atoms with E-state index in [9.17, 15) is 23.9 Å². The second kappa shape index (κ2) is 11.3. The lowest BCUT2D eigenvalue weighted by atomic mass is 9.58. The highest BCUT2D eigenvalue weighted by molar-refractivity contribution is 9.10. The molecule has 4 aliphatic rings. The first kappa shape index (κ1) is 29.8. The molecule has 0 radical (unpaired) electrons. The Hall–Kier alpha value is -3.26. The van der Waals surface area contributed by atoms with Gasteiger partial charge in [0.05, 0.1) is 17.1 Å². The summed E-state index contributed by atoms with van der Waals surface area (Å²) in [6.45, 7) is 6.44. The third-order valence-corrected chi connectivity index (χ3v) is 11.0. The van der Waals surface area contributed by atoms with E-state index in [1.54, 1.807) is 12.1 Å². The molecule has 2 aromatic carbocycles. The Bertz CT molecular complexity index is 1550. The molecule has 2 unspecified atom stereocenters. The quantitative estimate of drug-likeness (QED) is 0.359. The molecular weight excluding hydrogens is 611 g/mol. The average molecular weight is 650 g/mol. The molecule has 2 N–H and O–H groups in total. The number of dihydropyridines is 1. The second-order valence-electron chi connectivity index (χ2n) is 13.3. The van der Waals surface area contributed by atoms with Crippen molar-refractivity contribution in [2.45, 2.75) is 76.7 Å². The molecule has 0 aromatic heterocycles. The van der Waals surface area contributed by atoms with Crippen LogP contribution in [0.15, 0.2) is 75.5 Å². The van der Waals surface area contributed by atoms with Crippen LogP contribution < -0.4 is 5.32 Å². The first-order valence-corrected chi connectivity index (χ1v) is 16.1. The number of nitrogens with one attached hydrogen (secondary N) is 1. The molecule has 6 rings (SSSR count). The molecule has 0 saturated heterocycles. The van der Waals surface area contributed by atoms with Crippen molar-refractivity contribution in [3.63, 3.8) is 0 Å². The molecule has 1 fully saturated rings. The number of benzene rings is 2. The fourth-order valence-corrected chi connectivity index (χ4v) is 8.70. The van der Waals surface area contributed by atoms with Crippen LogP contribution in [-0.2, 0) is 15.0 Å². The van der Waals surface area contributed by atoms with E-state index in [1.165, 1.54) is 16.5 Å². The first-order chi connectivity index (χ1) is 20.5. The molecule has 6 nitrogen and oxygen atoms in total. The number of amides is 1. The monoisotopic (exact) mass is 648 g/mol. The van der Waals surface area contributed by atoms with Crippen molar-refractivity contribution in [2.75, 3.05) is 6.54 Å². The molecular formula is C35H38BrFN2O4. The van der Waals surface area contributed by atoms with Crippen LogP contribution in [0.1, 0.15) is 76.3 Å². The second-order valence-corrected chi connectivity index (χ2v) is 14.1. The van der Waals surface area contributed by atoms with Gasteiger partial charge in [0.2, 0.25) is 0 Å². The molecule has 2 aliphatic heterocycles. The molecule has 1 saturated carbocycles. The molecule has 1 amide bonds. The van der Waals surface area contributed by atoms with Crippen LogP contribution >= 0.6 is 15.9 Å². The normalized spacial score (nSPS) is 27.9. The third-order valence-electron chi connectivity index (χ3n) is 10.4. The number of carbonyl (C=O) groups excluding carboxylic acids is 2. The van der Waals surface area contributed by atoms with E-state index in [4.69, 9.17) is 0 Å². The summed E-state index contributed by atoms with van der Waals surface area (Å²) in [5.74, 6) is -0.981. The van der Waals surface area contributed by atoms with Crippen molar-refractivity contribution >= 4 is 33.6 Å². The number of carbonyl (C=O) groups is 3. The van der Waals surface area contributed by atoms with Gasteiger partial charge in [-0.05, 0) is 88.0 Å². The highest BCUT2D eigenvalue weighted by atomic mass is 79.9. The van der Waals surface area contributed by atoms with Crippen molar-refractivity contribution in [2.24, 2.45) is 17.8 Å². The number of hydrogen-bond donors (Lipinski definition) is 2. The number of ketones is 2. The SMILES string of the molecule is CC1CC[C@H](C(C)(C)c2ccccc2)C([C@@H]2C3=C(C(=O)CN2C(=O)O)[C@H](c2ccc(F)c(Br)c2)C2=C(CCCC2=O)N3)C1. The van der Waals surface area contributed by atoms with Crippen LogP contribution in [-0.4, -0.2) is 40.3 Å². The zero-order chi connectivity index (χ0) is 30.6. The van der Waals surface area contributed by atoms with Gasteiger partial charge in [-0.25, -0.2) is 9.18 Å². The van der Waals surface area contributed by atoms with Gasteiger partial charge in [0.25, 0.3) is 0 Å². The maximum atomic E-state index is 14.4. The molecule has 8 heteroatoms. The van der Waals surface area contributed by atoms with E-state index < -0.39 is 23.9 Å². The Kier molecular flexibility index (Phi) is 7.86. The fourth-order valence-electron chi connectivity index (χ4n) is 8.31. The van der Waals surface area contributed by atoms with Gasteiger partial charge in [-0.1, -0.05) is 63.6 Å². The molecule has 2 aromatic rings. The standard InChI is InChI=1S/C35H38BrFN2O4/c1-19-12-14-23(35(2,3)21-8-5-4-6-9-21)22(16-19)33-32-31(28(41)18-39(33)34(42)43)29(20-13-15-25(37)24(36)17-20)30-26(38-32)10-7-11-27(30)40/h4-6,8-9,13,15,17,19,22-23,29,33,38H,7,10-12,14,16,18H2,1-3H3,(H,42,43)/t19?,22?,23-,29+,33+/m0/s1. The lowest BCUT2D eigenvalue weighted by molar-refractivity contribution is -0.119.